The molecule has 1 aromatic rings. The highest BCUT2D eigenvalue weighted by Crippen LogP contribution is 2.25. The fraction of sp³-hybridized carbons (Fsp3) is 0.556. The van der Waals surface area contributed by atoms with E-state index in [4.69, 9.17) is 5.11 Å². The van der Waals surface area contributed by atoms with E-state index in [1.54, 1.807) is 0 Å². The predicted octanol–water partition coefficient (Wildman–Crippen LogP) is 2.23. The Bertz CT molecular complexity index is 763. The van der Waals surface area contributed by atoms with Crippen molar-refractivity contribution in [1.29, 1.82) is 0 Å². The number of nitrogens with one attached hydrogen (secondary N) is 1. The molecule has 1 heterocycles. The van der Waals surface area contributed by atoms with E-state index in [0.717, 1.165) is 19.3 Å². The molecule has 0 saturated carbocycles. The van der Waals surface area contributed by atoms with Gasteiger partial charge in [-0.15, -0.1) is 0 Å². The summed E-state index contributed by atoms with van der Waals surface area (Å²) < 4.78 is 27.3. The van der Waals surface area contributed by atoms with Crippen LogP contribution in [0.2, 0.25) is 0 Å². The first-order chi connectivity index (χ1) is 12.3. The minimum atomic E-state index is -3.69. The fourth-order valence-electron chi connectivity index (χ4n) is 3.15. The second-order valence-electron chi connectivity index (χ2n) is 6.64. The minimum Gasteiger partial charge on any atom is -0.480 e. The molecule has 0 spiro atoms. The lowest BCUT2D eigenvalue weighted by Crippen LogP contribution is -2.42. The molecule has 0 aromatic heterocycles. The quantitative estimate of drug-likeness (QED) is 0.753. The Morgan fingerprint density at radius 3 is 2.69 bits per heavy atom. The van der Waals surface area contributed by atoms with Crippen LogP contribution in [0.3, 0.4) is 0 Å². The van der Waals surface area contributed by atoms with Crippen molar-refractivity contribution in [2.24, 2.45) is 0 Å². The third-order valence-corrected chi connectivity index (χ3v) is 6.64. The number of carbonyl (C=O) groups excluding carboxylic acids is 1. The van der Waals surface area contributed by atoms with Crippen molar-refractivity contribution in [3.63, 3.8) is 0 Å². The number of aliphatic carboxylic acids is 1. The number of carboxylic acid groups (broad SMARTS) is 1. The van der Waals surface area contributed by atoms with Crippen molar-refractivity contribution >= 4 is 21.9 Å². The summed E-state index contributed by atoms with van der Waals surface area (Å²) in [6.07, 6.45) is 3.56. The van der Waals surface area contributed by atoms with Crippen LogP contribution in [0.5, 0.6) is 0 Å². The maximum absolute atomic E-state index is 12.9. The maximum atomic E-state index is 12.9. The van der Waals surface area contributed by atoms with Crippen molar-refractivity contribution in [3.8, 4) is 0 Å². The summed E-state index contributed by atoms with van der Waals surface area (Å²) in [5.41, 5.74) is 0.137. The van der Waals surface area contributed by atoms with E-state index in [1.165, 1.54) is 28.6 Å². The third-order valence-electron chi connectivity index (χ3n) is 4.63. The highest BCUT2D eigenvalue weighted by atomic mass is 32.2. The summed E-state index contributed by atoms with van der Waals surface area (Å²) in [5.74, 6) is -1.69. The van der Waals surface area contributed by atoms with Crippen LogP contribution in [0.15, 0.2) is 29.2 Å². The largest absolute Gasteiger partial charge is 0.480 e. The first-order valence-electron chi connectivity index (χ1n) is 8.93. The summed E-state index contributed by atoms with van der Waals surface area (Å²) in [7, 11) is -3.69. The lowest BCUT2D eigenvalue weighted by atomic mass is 10.1. The second-order valence-corrected chi connectivity index (χ2v) is 8.53. The number of nitrogens with zero attached hydrogens (tertiary/aromatic N) is 1. The van der Waals surface area contributed by atoms with Crippen molar-refractivity contribution in [2.45, 2.75) is 62.9 Å². The molecule has 0 aliphatic carbocycles. The lowest BCUT2D eigenvalue weighted by Gasteiger charge is -2.32. The molecule has 1 aromatic carbocycles. The first kappa shape index (κ1) is 20.4. The Balaban J connectivity index is 2.24. The summed E-state index contributed by atoms with van der Waals surface area (Å²) >= 11 is 0. The minimum absolute atomic E-state index is 0.0567. The van der Waals surface area contributed by atoms with Gasteiger partial charge in [0.15, 0.2) is 0 Å². The van der Waals surface area contributed by atoms with E-state index in [-0.39, 0.29) is 16.5 Å². The summed E-state index contributed by atoms with van der Waals surface area (Å²) in [4.78, 5) is 23.6. The molecule has 144 valence electrons. The van der Waals surface area contributed by atoms with Gasteiger partial charge in [0, 0.05) is 18.2 Å². The van der Waals surface area contributed by atoms with Gasteiger partial charge in [-0.1, -0.05) is 25.8 Å². The van der Waals surface area contributed by atoms with E-state index in [2.05, 4.69) is 5.32 Å². The summed E-state index contributed by atoms with van der Waals surface area (Å²) in [6, 6.07) is 4.71. The molecule has 2 rings (SSSR count). The summed E-state index contributed by atoms with van der Waals surface area (Å²) in [6.45, 7) is 4.18. The van der Waals surface area contributed by atoms with Crippen LogP contribution >= 0.6 is 0 Å². The molecule has 2 unspecified atom stereocenters. The van der Waals surface area contributed by atoms with Crippen LogP contribution < -0.4 is 5.32 Å². The van der Waals surface area contributed by atoms with Crippen LogP contribution in [0.1, 0.15) is 56.3 Å². The smallest absolute Gasteiger partial charge is 0.326 e. The van der Waals surface area contributed by atoms with Gasteiger partial charge < -0.3 is 10.4 Å². The van der Waals surface area contributed by atoms with Crippen LogP contribution in [0.25, 0.3) is 0 Å². The van der Waals surface area contributed by atoms with E-state index in [1.807, 2.05) is 13.8 Å². The number of rotatable bonds is 7. The monoisotopic (exact) mass is 382 g/mol. The first-order valence-corrected chi connectivity index (χ1v) is 10.4. The van der Waals surface area contributed by atoms with E-state index in [9.17, 15) is 18.0 Å². The van der Waals surface area contributed by atoms with E-state index < -0.39 is 27.9 Å². The second kappa shape index (κ2) is 8.64. The molecule has 26 heavy (non-hydrogen) atoms. The zero-order valence-corrected chi connectivity index (χ0v) is 16.0. The van der Waals surface area contributed by atoms with Gasteiger partial charge in [-0.25, -0.2) is 13.2 Å². The number of carboxylic acids is 1. The maximum Gasteiger partial charge on any atom is 0.326 e. The highest BCUT2D eigenvalue weighted by Gasteiger charge is 2.31. The normalized spacial score (nSPS) is 19.7. The summed E-state index contributed by atoms with van der Waals surface area (Å²) in [5, 5.41) is 11.6. The van der Waals surface area contributed by atoms with Gasteiger partial charge in [-0.2, -0.15) is 4.31 Å². The number of benzene rings is 1. The van der Waals surface area contributed by atoms with Crippen molar-refractivity contribution < 1.29 is 23.1 Å². The molecule has 1 aliphatic heterocycles. The Morgan fingerprint density at radius 1 is 1.35 bits per heavy atom. The molecule has 1 aliphatic rings. The fourth-order valence-corrected chi connectivity index (χ4v) is 4.90. The number of sulfonamides is 1. The van der Waals surface area contributed by atoms with E-state index in [0.29, 0.717) is 19.4 Å². The molecule has 0 radical (unpaired) electrons. The number of carbonyl (C=O) groups is 2. The van der Waals surface area contributed by atoms with Gasteiger partial charge in [0.25, 0.3) is 5.91 Å². The molecule has 2 N–H and O–H groups in total. The average molecular weight is 382 g/mol. The average Bonchev–Trinajstić information content (AvgIpc) is 2.61. The third kappa shape index (κ3) is 4.62. The van der Waals surface area contributed by atoms with Gasteiger partial charge in [0.1, 0.15) is 6.04 Å². The van der Waals surface area contributed by atoms with Gasteiger partial charge in [-0.05, 0) is 44.4 Å². The van der Waals surface area contributed by atoms with Gasteiger partial charge >= 0.3 is 5.97 Å². The van der Waals surface area contributed by atoms with Crippen LogP contribution in [-0.2, 0) is 14.8 Å². The molecular weight excluding hydrogens is 356 g/mol. The standard InChI is InChI=1S/C18H26N2O5S/c1-3-7-16(18(22)23)19-17(21)14-9-6-10-15(12-14)26(24,25)20-11-5-4-8-13(20)2/h6,9-10,12-13,16H,3-5,7-8,11H2,1-2H3,(H,19,21)(H,22,23). The highest BCUT2D eigenvalue weighted by molar-refractivity contribution is 7.89. The Morgan fingerprint density at radius 2 is 2.08 bits per heavy atom. The van der Waals surface area contributed by atoms with Gasteiger partial charge in [0.2, 0.25) is 10.0 Å². The van der Waals surface area contributed by atoms with E-state index >= 15 is 0 Å². The van der Waals surface area contributed by atoms with Gasteiger partial charge in [-0.3, -0.25) is 4.79 Å². The van der Waals surface area contributed by atoms with Crippen LogP contribution in [-0.4, -0.2) is 48.3 Å². The molecule has 8 heteroatoms. The number of piperidine rings is 1. The zero-order valence-electron chi connectivity index (χ0n) is 15.1. The molecule has 2 atom stereocenters. The van der Waals surface area contributed by atoms with Crippen LogP contribution in [0, 0.1) is 0 Å². The molecular formula is C18H26N2O5S. The van der Waals surface area contributed by atoms with Crippen molar-refractivity contribution in [1.82, 2.24) is 9.62 Å². The lowest BCUT2D eigenvalue weighted by molar-refractivity contribution is -0.139. The van der Waals surface area contributed by atoms with Gasteiger partial charge in [0.05, 0.1) is 4.90 Å². The molecule has 1 fully saturated rings. The zero-order chi connectivity index (χ0) is 19.3. The topological polar surface area (TPSA) is 104 Å². The van der Waals surface area contributed by atoms with Crippen molar-refractivity contribution in [2.75, 3.05) is 6.54 Å². The molecule has 0 bridgehead atoms. The Hall–Kier alpha value is -1.93. The number of hydrogen-bond donors (Lipinski definition) is 2. The van der Waals surface area contributed by atoms with Crippen LogP contribution in [0.4, 0.5) is 0 Å². The van der Waals surface area contributed by atoms with Crippen molar-refractivity contribution in [3.05, 3.63) is 29.8 Å². The number of hydrogen-bond acceptors (Lipinski definition) is 4. The number of amides is 1. The Labute approximate surface area is 154 Å². The molecule has 1 saturated heterocycles. The molecule has 1 amide bonds. The SMILES string of the molecule is CCCC(NC(=O)c1cccc(S(=O)(=O)N2CCCCC2C)c1)C(=O)O. The Kier molecular flexibility index (Phi) is 6.77. The predicted molar refractivity (Wildman–Crippen MR) is 97.4 cm³/mol. The molecule has 7 nitrogen and oxygen atoms in total.